The van der Waals surface area contributed by atoms with Crippen molar-refractivity contribution in [3.05, 3.63) is 60.2 Å². The Hall–Kier alpha value is -1.49. The molecule has 0 spiro atoms. The quantitative estimate of drug-likeness (QED) is 0.562. The van der Waals surface area contributed by atoms with Crippen LogP contribution >= 0.6 is 0 Å². The molecule has 136 valence electrons. The lowest BCUT2D eigenvalue weighted by Crippen LogP contribution is -2.46. The van der Waals surface area contributed by atoms with Crippen molar-refractivity contribution in [2.75, 3.05) is 7.05 Å². The van der Waals surface area contributed by atoms with Crippen LogP contribution in [-0.2, 0) is 10.9 Å². The van der Waals surface area contributed by atoms with Gasteiger partial charge in [-0.1, -0.05) is 67.9 Å². The normalized spacial score (nSPS) is 19.2. The fourth-order valence-corrected chi connectivity index (χ4v) is 3.26. The van der Waals surface area contributed by atoms with E-state index in [2.05, 4.69) is 61.5 Å². The Morgan fingerprint density at radius 1 is 1.08 bits per heavy atom. The van der Waals surface area contributed by atoms with E-state index in [1.165, 1.54) is 36.0 Å². The maximum absolute atomic E-state index is 12.5. The van der Waals surface area contributed by atoms with Crippen molar-refractivity contribution in [3.8, 4) is 11.1 Å². The molecule has 2 unspecified atom stereocenters. The van der Waals surface area contributed by atoms with E-state index in [9.17, 15) is 4.39 Å². The van der Waals surface area contributed by atoms with Gasteiger partial charge in [0.1, 0.15) is 6.17 Å². The van der Waals surface area contributed by atoms with E-state index < -0.39 is 6.17 Å². The minimum atomic E-state index is -0.649. The van der Waals surface area contributed by atoms with Gasteiger partial charge < -0.3 is 4.53 Å². The standard InChI is InChI=1S/C16H18.C5H12FNOSi/c1-2-3-9-14-12-7-8-13-16(14)15-10-5-4-6-11-15;1-7(8-9)5-3-2-4(5)6/h4-8,10-13H,2-3,9H2,1H3;4-5H,2-3H2,1,9H3. The molecule has 25 heavy (non-hydrogen) atoms. The number of halogens is 1. The van der Waals surface area contributed by atoms with Gasteiger partial charge in [-0.2, -0.15) is 5.06 Å². The van der Waals surface area contributed by atoms with Gasteiger partial charge in [0.2, 0.25) is 0 Å². The first-order chi connectivity index (χ1) is 12.2. The Balaban J connectivity index is 0.000000212. The lowest BCUT2D eigenvalue weighted by molar-refractivity contribution is -0.120. The molecule has 2 aromatic carbocycles. The summed E-state index contributed by atoms with van der Waals surface area (Å²) in [5.41, 5.74) is 4.18. The lowest BCUT2D eigenvalue weighted by Gasteiger charge is -2.36. The van der Waals surface area contributed by atoms with Crippen molar-refractivity contribution < 1.29 is 8.92 Å². The van der Waals surface area contributed by atoms with Crippen molar-refractivity contribution in [1.29, 1.82) is 0 Å². The highest BCUT2D eigenvalue weighted by Crippen LogP contribution is 2.27. The Morgan fingerprint density at radius 2 is 1.76 bits per heavy atom. The molecule has 0 radical (unpaired) electrons. The highest BCUT2D eigenvalue weighted by Gasteiger charge is 2.33. The number of unbranched alkanes of at least 4 members (excludes halogenated alkanes) is 1. The Bertz CT molecular complexity index is 622. The van der Waals surface area contributed by atoms with Gasteiger partial charge in [0, 0.05) is 7.05 Å². The minimum Gasteiger partial charge on any atom is -0.354 e. The van der Waals surface area contributed by atoms with Crippen LogP contribution in [0.5, 0.6) is 0 Å². The molecule has 0 heterocycles. The fraction of sp³-hybridized carbons (Fsp3) is 0.429. The van der Waals surface area contributed by atoms with Crippen LogP contribution in [0, 0.1) is 0 Å². The molecule has 2 atom stereocenters. The third-order valence-corrected chi connectivity index (χ3v) is 5.39. The summed E-state index contributed by atoms with van der Waals surface area (Å²) in [5.74, 6) is 0. The number of hydroxylamine groups is 2. The van der Waals surface area contributed by atoms with Crippen molar-refractivity contribution >= 4 is 10.5 Å². The van der Waals surface area contributed by atoms with E-state index in [0.717, 1.165) is 6.42 Å². The largest absolute Gasteiger partial charge is 0.354 e. The Morgan fingerprint density at radius 3 is 2.28 bits per heavy atom. The SMILES string of the molecule is CCCCc1ccccc1-c1ccccc1.CN(O[SiH3])C1CCC1F. The number of aryl methyl sites for hydroxylation is 1. The summed E-state index contributed by atoms with van der Waals surface area (Å²) < 4.78 is 17.5. The molecule has 2 aromatic rings. The summed E-state index contributed by atoms with van der Waals surface area (Å²) in [6.45, 7) is 2.24. The van der Waals surface area contributed by atoms with Crippen LogP contribution in [0.15, 0.2) is 54.6 Å². The third-order valence-electron chi connectivity index (χ3n) is 4.81. The molecule has 1 aliphatic rings. The number of alkyl halides is 1. The highest BCUT2D eigenvalue weighted by molar-refractivity contribution is 5.97. The molecular weight excluding hydrogens is 329 g/mol. The van der Waals surface area contributed by atoms with Gasteiger partial charge in [0.15, 0.2) is 10.5 Å². The molecule has 0 amide bonds. The van der Waals surface area contributed by atoms with E-state index in [1.54, 1.807) is 12.1 Å². The maximum atomic E-state index is 12.5. The molecule has 1 aliphatic carbocycles. The molecule has 1 fully saturated rings. The number of nitrogens with zero attached hydrogens (tertiary/aromatic N) is 1. The van der Waals surface area contributed by atoms with E-state index in [4.69, 9.17) is 4.53 Å². The predicted octanol–water partition coefficient (Wildman–Crippen LogP) is 4.33. The number of hydrogen-bond donors (Lipinski definition) is 0. The first-order valence-corrected chi connectivity index (χ1v) is 10.0. The summed E-state index contributed by atoms with van der Waals surface area (Å²) in [6.07, 6.45) is 4.71. The van der Waals surface area contributed by atoms with E-state index in [1.807, 2.05) is 0 Å². The van der Waals surface area contributed by atoms with E-state index in [0.29, 0.717) is 16.9 Å². The maximum Gasteiger partial charge on any atom is 0.175 e. The molecule has 1 saturated carbocycles. The number of rotatable bonds is 6. The number of benzene rings is 2. The first kappa shape index (κ1) is 19.8. The van der Waals surface area contributed by atoms with Crippen molar-refractivity contribution in [2.24, 2.45) is 0 Å². The van der Waals surface area contributed by atoms with Gasteiger partial charge in [-0.15, -0.1) is 0 Å². The average molecular weight is 360 g/mol. The molecule has 0 saturated heterocycles. The molecule has 0 aromatic heterocycles. The van der Waals surface area contributed by atoms with Crippen molar-refractivity contribution in [1.82, 2.24) is 5.06 Å². The summed E-state index contributed by atoms with van der Waals surface area (Å²) in [5, 5.41) is 1.64. The van der Waals surface area contributed by atoms with E-state index in [-0.39, 0.29) is 6.04 Å². The van der Waals surface area contributed by atoms with Crippen LogP contribution in [0.4, 0.5) is 4.39 Å². The predicted molar refractivity (Wildman–Crippen MR) is 107 cm³/mol. The van der Waals surface area contributed by atoms with Crippen LogP contribution in [0.1, 0.15) is 38.2 Å². The molecule has 2 nitrogen and oxygen atoms in total. The molecule has 0 aliphatic heterocycles. The summed E-state index contributed by atoms with van der Waals surface area (Å²) in [7, 11) is 2.45. The van der Waals surface area contributed by atoms with Gasteiger partial charge in [-0.05, 0) is 42.4 Å². The second-order valence-electron chi connectivity index (χ2n) is 6.52. The van der Waals surface area contributed by atoms with Gasteiger partial charge in [-0.3, -0.25) is 0 Å². The van der Waals surface area contributed by atoms with Crippen LogP contribution in [0.3, 0.4) is 0 Å². The zero-order valence-electron chi connectivity index (χ0n) is 15.6. The second-order valence-corrected chi connectivity index (χ2v) is 6.88. The lowest BCUT2D eigenvalue weighted by atomic mass is 9.91. The second kappa shape index (κ2) is 10.5. The average Bonchev–Trinajstić information content (AvgIpc) is 2.66. The Labute approximate surface area is 154 Å². The summed E-state index contributed by atoms with van der Waals surface area (Å²) in [4.78, 5) is 0. The first-order valence-electron chi connectivity index (χ1n) is 9.21. The van der Waals surface area contributed by atoms with Crippen LogP contribution in [0.25, 0.3) is 11.1 Å². The Kier molecular flexibility index (Phi) is 8.32. The molecule has 3 rings (SSSR count). The topological polar surface area (TPSA) is 12.5 Å². The zero-order chi connectivity index (χ0) is 18.1. The minimum absolute atomic E-state index is 0.0440. The zero-order valence-corrected chi connectivity index (χ0v) is 17.6. The third kappa shape index (κ3) is 5.77. The van der Waals surface area contributed by atoms with Crippen LogP contribution < -0.4 is 0 Å². The molecule has 0 bridgehead atoms. The number of hydrogen-bond acceptors (Lipinski definition) is 2. The molecular formula is C21H30FNOSi. The summed E-state index contributed by atoms with van der Waals surface area (Å²) in [6, 6.07) is 19.4. The van der Waals surface area contributed by atoms with Crippen molar-refractivity contribution in [3.63, 3.8) is 0 Å². The van der Waals surface area contributed by atoms with Gasteiger partial charge in [-0.25, -0.2) is 4.39 Å². The van der Waals surface area contributed by atoms with Gasteiger partial charge in [0.25, 0.3) is 0 Å². The molecule has 4 heteroatoms. The van der Waals surface area contributed by atoms with Crippen molar-refractivity contribution in [2.45, 2.75) is 51.2 Å². The van der Waals surface area contributed by atoms with Crippen LogP contribution in [-0.4, -0.2) is 34.8 Å². The van der Waals surface area contributed by atoms with Gasteiger partial charge in [0.05, 0.1) is 6.04 Å². The van der Waals surface area contributed by atoms with E-state index >= 15 is 0 Å². The van der Waals surface area contributed by atoms with Crippen LogP contribution in [0.2, 0.25) is 0 Å². The fourth-order valence-electron chi connectivity index (χ4n) is 2.99. The highest BCUT2D eigenvalue weighted by atomic mass is 28.2. The van der Waals surface area contributed by atoms with Gasteiger partial charge >= 0.3 is 0 Å². The summed E-state index contributed by atoms with van der Waals surface area (Å²) >= 11 is 0. The monoisotopic (exact) mass is 359 g/mol. The molecule has 0 N–H and O–H groups in total. The smallest absolute Gasteiger partial charge is 0.175 e.